The molecule has 128 valence electrons. The molecule has 0 amide bonds. The predicted octanol–water partition coefficient (Wildman–Crippen LogP) is 4.31. The van der Waals surface area contributed by atoms with Crippen LogP contribution in [0, 0.1) is 5.82 Å². The second-order valence-corrected chi connectivity index (χ2v) is 5.43. The molecule has 0 spiro atoms. The molecule has 0 saturated carbocycles. The van der Waals surface area contributed by atoms with E-state index in [0.717, 1.165) is 0 Å². The van der Waals surface area contributed by atoms with Gasteiger partial charge in [0.05, 0.1) is 32.0 Å². The molecule has 0 aliphatic carbocycles. The summed E-state index contributed by atoms with van der Waals surface area (Å²) in [5, 5.41) is 6.48. The fourth-order valence-electron chi connectivity index (χ4n) is 1.99. The molecule has 2 aromatic rings. The topological polar surface area (TPSA) is 51.8 Å². The minimum atomic E-state index is -0.490. The lowest BCUT2D eigenvalue weighted by Gasteiger charge is -2.15. The van der Waals surface area contributed by atoms with Gasteiger partial charge in [-0.15, -0.1) is 0 Å². The fraction of sp³-hybridized carbons (Fsp3) is 0.188. The quantitative estimate of drug-likeness (QED) is 0.765. The largest absolute Gasteiger partial charge is 0.495 e. The molecule has 0 radical (unpaired) electrons. The number of halogens is 2. The minimum Gasteiger partial charge on any atom is -0.495 e. The molecule has 0 aliphatic heterocycles. The van der Waals surface area contributed by atoms with E-state index in [9.17, 15) is 4.39 Å². The molecule has 2 N–H and O–H groups in total. The van der Waals surface area contributed by atoms with Gasteiger partial charge >= 0.3 is 0 Å². The first-order valence-electron chi connectivity index (χ1n) is 6.81. The van der Waals surface area contributed by atoms with Crippen molar-refractivity contribution in [2.75, 3.05) is 32.0 Å². The first-order valence-corrected chi connectivity index (χ1v) is 7.60. The highest BCUT2D eigenvalue weighted by atomic mass is 35.5. The molecule has 0 aromatic heterocycles. The summed E-state index contributed by atoms with van der Waals surface area (Å²) in [6.45, 7) is 0. The van der Waals surface area contributed by atoms with Crippen LogP contribution in [0.2, 0.25) is 5.02 Å². The zero-order chi connectivity index (χ0) is 17.7. The van der Waals surface area contributed by atoms with E-state index in [2.05, 4.69) is 10.6 Å². The highest BCUT2D eigenvalue weighted by molar-refractivity contribution is 7.80. The second kappa shape index (κ2) is 8.03. The van der Waals surface area contributed by atoms with Crippen LogP contribution in [0.3, 0.4) is 0 Å². The van der Waals surface area contributed by atoms with Gasteiger partial charge in [-0.05, 0) is 30.4 Å². The van der Waals surface area contributed by atoms with Crippen LogP contribution in [-0.4, -0.2) is 26.4 Å². The Morgan fingerprint density at radius 1 is 0.958 bits per heavy atom. The maximum Gasteiger partial charge on any atom is 0.175 e. The van der Waals surface area contributed by atoms with Gasteiger partial charge in [0.1, 0.15) is 11.5 Å². The molecule has 0 unspecified atom stereocenters. The smallest absolute Gasteiger partial charge is 0.175 e. The van der Waals surface area contributed by atoms with Gasteiger partial charge in [-0.3, -0.25) is 0 Å². The predicted molar refractivity (Wildman–Crippen MR) is 97.4 cm³/mol. The molecule has 2 rings (SSSR count). The molecule has 0 saturated heterocycles. The van der Waals surface area contributed by atoms with Crippen LogP contribution in [0.4, 0.5) is 15.8 Å². The summed E-state index contributed by atoms with van der Waals surface area (Å²) in [4.78, 5) is 0. The standard InChI is InChI=1S/C16H16ClFN2O3S/c1-21-13-5-4-9(6-11(13)18)19-16(24)20-12-7-10(17)14(22-2)8-15(12)23-3/h4-8H,1-3H3,(H2,19,20,24). The fourth-order valence-corrected chi connectivity index (χ4v) is 2.46. The number of benzene rings is 2. The van der Waals surface area contributed by atoms with Crippen molar-refractivity contribution in [3.63, 3.8) is 0 Å². The van der Waals surface area contributed by atoms with E-state index in [-0.39, 0.29) is 10.9 Å². The Labute approximate surface area is 149 Å². The van der Waals surface area contributed by atoms with Crippen LogP contribution in [0.15, 0.2) is 30.3 Å². The number of nitrogens with one attached hydrogen (secondary N) is 2. The summed E-state index contributed by atoms with van der Waals surface area (Å²) >= 11 is 11.3. The number of ether oxygens (including phenoxy) is 3. The van der Waals surface area contributed by atoms with E-state index in [1.165, 1.54) is 33.5 Å². The highest BCUT2D eigenvalue weighted by Crippen LogP contribution is 2.36. The van der Waals surface area contributed by atoms with Gasteiger partial charge in [-0.2, -0.15) is 0 Å². The lowest BCUT2D eigenvalue weighted by Crippen LogP contribution is -2.19. The van der Waals surface area contributed by atoms with Crippen molar-refractivity contribution >= 4 is 40.3 Å². The van der Waals surface area contributed by atoms with Crippen molar-refractivity contribution in [3.8, 4) is 17.2 Å². The molecule has 0 atom stereocenters. The number of methoxy groups -OCH3 is 3. The van der Waals surface area contributed by atoms with Gasteiger partial charge in [-0.1, -0.05) is 11.6 Å². The summed E-state index contributed by atoms with van der Waals surface area (Å²) < 4.78 is 29.0. The second-order valence-electron chi connectivity index (χ2n) is 4.62. The SMILES string of the molecule is COc1ccc(NC(=S)Nc2cc(Cl)c(OC)cc2OC)cc1F. The van der Waals surface area contributed by atoms with Crippen molar-refractivity contribution in [1.82, 2.24) is 0 Å². The molecule has 8 heteroatoms. The van der Waals surface area contributed by atoms with E-state index < -0.39 is 5.82 Å². The molecule has 5 nitrogen and oxygen atoms in total. The average Bonchev–Trinajstić information content (AvgIpc) is 2.55. The van der Waals surface area contributed by atoms with Gasteiger partial charge in [0.15, 0.2) is 16.7 Å². The van der Waals surface area contributed by atoms with E-state index in [1.807, 2.05) is 0 Å². The van der Waals surface area contributed by atoms with Crippen LogP contribution < -0.4 is 24.8 Å². The molecule has 24 heavy (non-hydrogen) atoms. The van der Waals surface area contributed by atoms with Crippen molar-refractivity contribution in [2.24, 2.45) is 0 Å². The Hall–Kier alpha value is -2.25. The normalized spacial score (nSPS) is 10.0. The third kappa shape index (κ3) is 4.18. The molecule has 0 heterocycles. The van der Waals surface area contributed by atoms with Gasteiger partial charge in [-0.25, -0.2) is 4.39 Å². The van der Waals surface area contributed by atoms with Crippen molar-refractivity contribution in [1.29, 1.82) is 0 Å². The number of thiocarbonyl (C=S) groups is 1. The van der Waals surface area contributed by atoms with Gasteiger partial charge in [0.2, 0.25) is 0 Å². The molecular weight excluding hydrogens is 355 g/mol. The number of hydrogen-bond acceptors (Lipinski definition) is 4. The number of rotatable bonds is 5. The van der Waals surface area contributed by atoms with Crippen molar-refractivity contribution < 1.29 is 18.6 Å². The molecule has 0 fully saturated rings. The van der Waals surface area contributed by atoms with E-state index in [1.54, 1.807) is 18.2 Å². The molecule has 0 aliphatic rings. The zero-order valence-electron chi connectivity index (χ0n) is 13.3. The number of hydrogen-bond donors (Lipinski definition) is 2. The summed E-state index contributed by atoms with van der Waals surface area (Å²) in [6, 6.07) is 7.70. The number of anilines is 2. The minimum absolute atomic E-state index is 0.156. The van der Waals surface area contributed by atoms with E-state index in [4.69, 9.17) is 38.0 Å². The first-order chi connectivity index (χ1) is 11.5. The van der Waals surface area contributed by atoms with Gasteiger partial charge < -0.3 is 24.8 Å². The van der Waals surface area contributed by atoms with Gasteiger partial charge in [0, 0.05) is 17.8 Å². The zero-order valence-corrected chi connectivity index (χ0v) is 14.8. The monoisotopic (exact) mass is 370 g/mol. The molecule has 2 aromatic carbocycles. The lowest BCUT2D eigenvalue weighted by molar-refractivity contribution is 0.387. The van der Waals surface area contributed by atoms with Crippen LogP contribution in [0.25, 0.3) is 0 Å². The lowest BCUT2D eigenvalue weighted by atomic mass is 10.2. The van der Waals surface area contributed by atoms with Gasteiger partial charge in [0.25, 0.3) is 0 Å². The Bertz CT molecular complexity index is 758. The Morgan fingerprint density at radius 3 is 2.21 bits per heavy atom. The Morgan fingerprint density at radius 2 is 1.62 bits per heavy atom. The summed E-state index contributed by atoms with van der Waals surface area (Å²) in [5.74, 6) is 0.648. The summed E-state index contributed by atoms with van der Waals surface area (Å²) in [5.41, 5.74) is 1.03. The first kappa shape index (κ1) is 18.1. The van der Waals surface area contributed by atoms with Crippen LogP contribution in [0.5, 0.6) is 17.2 Å². The summed E-state index contributed by atoms with van der Waals surface area (Å²) in [6.07, 6.45) is 0. The third-order valence-electron chi connectivity index (χ3n) is 3.13. The van der Waals surface area contributed by atoms with E-state index in [0.29, 0.717) is 27.9 Å². The molecular formula is C16H16ClFN2O3S. The summed E-state index contributed by atoms with van der Waals surface area (Å²) in [7, 11) is 4.43. The van der Waals surface area contributed by atoms with E-state index >= 15 is 0 Å². The molecule has 0 bridgehead atoms. The maximum absolute atomic E-state index is 13.7. The van der Waals surface area contributed by atoms with Crippen molar-refractivity contribution in [2.45, 2.75) is 0 Å². The Balaban J connectivity index is 2.15. The average molecular weight is 371 g/mol. The Kier molecular flexibility index (Phi) is 6.05. The van der Waals surface area contributed by atoms with Crippen LogP contribution in [0.1, 0.15) is 0 Å². The van der Waals surface area contributed by atoms with Crippen LogP contribution >= 0.6 is 23.8 Å². The maximum atomic E-state index is 13.7. The third-order valence-corrected chi connectivity index (χ3v) is 3.63. The van der Waals surface area contributed by atoms with Crippen LogP contribution in [-0.2, 0) is 0 Å². The van der Waals surface area contributed by atoms with Crippen molar-refractivity contribution in [3.05, 3.63) is 41.2 Å². The highest BCUT2D eigenvalue weighted by Gasteiger charge is 2.12.